The summed E-state index contributed by atoms with van der Waals surface area (Å²) >= 11 is 0. The lowest BCUT2D eigenvalue weighted by Crippen LogP contribution is -2.56. The van der Waals surface area contributed by atoms with Gasteiger partial charge in [0.15, 0.2) is 0 Å². The van der Waals surface area contributed by atoms with E-state index in [0.29, 0.717) is 30.2 Å². The first-order chi connectivity index (χ1) is 10.0. The Labute approximate surface area is 124 Å². The Morgan fingerprint density at radius 1 is 1.29 bits per heavy atom. The number of benzene rings is 1. The number of rotatable bonds is 5. The quantitative estimate of drug-likeness (QED) is 0.841. The van der Waals surface area contributed by atoms with Crippen LogP contribution in [0.1, 0.15) is 12.5 Å². The highest BCUT2D eigenvalue weighted by Gasteiger charge is 2.43. The number of carbonyl (C=O) groups is 1. The van der Waals surface area contributed by atoms with Crippen LogP contribution in [0.15, 0.2) is 18.2 Å². The molecule has 0 bridgehead atoms. The number of nitrogens with zero attached hydrogens (tertiary/aromatic N) is 1. The molecule has 1 aliphatic rings. The molecule has 2 rings (SSSR count). The van der Waals surface area contributed by atoms with Gasteiger partial charge in [0.2, 0.25) is 0 Å². The van der Waals surface area contributed by atoms with Crippen molar-refractivity contribution < 1.29 is 19.4 Å². The third-order valence-corrected chi connectivity index (χ3v) is 4.10. The molecule has 6 heteroatoms. The SMILES string of the molecule is COc1ccc(C(C)(C(=O)O)N2CCNCC2)c(OC)c1. The number of ether oxygens (including phenoxy) is 2. The van der Waals surface area contributed by atoms with Crippen molar-refractivity contribution in [3.63, 3.8) is 0 Å². The van der Waals surface area contributed by atoms with Gasteiger partial charge in [-0.2, -0.15) is 0 Å². The number of carboxylic acids is 1. The molecule has 1 heterocycles. The minimum absolute atomic E-state index is 0.526. The van der Waals surface area contributed by atoms with Gasteiger partial charge in [0.1, 0.15) is 17.0 Å². The van der Waals surface area contributed by atoms with E-state index < -0.39 is 11.5 Å². The topological polar surface area (TPSA) is 71.0 Å². The van der Waals surface area contributed by atoms with Crippen molar-refractivity contribution in [2.75, 3.05) is 40.4 Å². The molecule has 1 unspecified atom stereocenters. The number of carboxylic acid groups (broad SMARTS) is 1. The van der Waals surface area contributed by atoms with Gasteiger partial charge in [-0.1, -0.05) is 0 Å². The lowest BCUT2D eigenvalue weighted by molar-refractivity contribution is -0.152. The molecule has 116 valence electrons. The lowest BCUT2D eigenvalue weighted by Gasteiger charge is -2.41. The van der Waals surface area contributed by atoms with Crippen molar-refractivity contribution in [3.8, 4) is 11.5 Å². The zero-order valence-corrected chi connectivity index (χ0v) is 12.7. The molecule has 0 amide bonds. The fraction of sp³-hybridized carbons (Fsp3) is 0.533. The van der Waals surface area contributed by atoms with E-state index in [1.165, 1.54) is 7.11 Å². The van der Waals surface area contributed by atoms with Crippen LogP contribution in [0, 0.1) is 0 Å². The Morgan fingerprint density at radius 3 is 2.48 bits per heavy atom. The molecule has 2 N–H and O–H groups in total. The van der Waals surface area contributed by atoms with E-state index in [-0.39, 0.29) is 0 Å². The molecule has 0 radical (unpaired) electrons. The van der Waals surface area contributed by atoms with Crippen LogP contribution in [-0.2, 0) is 10.3 Å². The Kier molecular flexibility index (Phi) is 4.69. The average molecular weight is 294 g/mol. The molecule has 0 spiro atoms. The second kappa shape index (κ2) is 6.32. The Bertz CT molecular complexity index is 514. The summed E-state index contributed by atoms with van der Waals surface area (Å²) in [5.41, 5.74) is -0.486. The number of piperazine rings is 1. The molecule has 1 aromatic carbocycles. The molecular weight excluding hydrogens is 272 g/mol. The summed E-state index contributed by atoms with van der Waals surface area (Å²) in [6.07, 6.45) is 0. The van der Waals surface area contributed by atoms with Gasteiger partial charge in [-0.25, -0.2) is 4.79 Å². The third kappa shape index (κ3) is 2.82. The molecule has 1 aromatic rings. The maximum Gasteiger partial charge on any atom is 0.328 e. The van der Waals surface area contributed by atoms with Crippen LogP contribution in [0.3, 0.4) is 0 Å². The molecule has 6 nitrogen and oxygen atoms in total. The summed E-state index contributed by atoms with van der Waals surface area (Å²) in [5, 5.41) is 13.1. The van der Waals surface area contributed by atoms with Crippen LogP contribution in [0.25, 0.3) is 0 Å². The van der Waals surface area contributed by atoms with E-state index >= 15 is 0 Å². The van der Waals surface area contributed by atoms with Crippen LogP contribution >= 0.6 is 0 Å². The van der Waals surface area contributed by atoms with Gasteiger partial charge in [-0.15, -0.1) is 0 Å². The van der Waals surface area contributed by atoms with Crippen molar-refractivity contribution in [2.24, 2.45) is 0 Å². The number of aliphatic carboxylic acids is 1. The van der Waals surface area contributed by atoms with Crippen LogP contribution < -0.4 is 14.8 Å². The van der Waals surface area contributed by atoms with Crippen LogP contribution in [-0.4, -0.2) is 56.4 Å². The predicted octanol–water partition coefficient (Wildman–Crippen LogP) is 0.909. The largest absolute Gasteiger partial charge is 0.497 e. The second-order valence-corrected chi connectivity index (χ2v) is 5.18. The summed E-state index contributed by atoms with van der Waals surface area (Å²) in [4.78, 5) is 14.0. The van der Waals surface area contributed by atoms with E-state index in [2.05, 4.69) is 5.32 Å². The number of nitrogens with one attached hydrogen (secondary N) is 1. The van der Waals surface area contributed by atoms with Crippen molar-refractivity contribution in [2.45, 2.75) is 12.5 Å². The molecule has 21 heavy (non-hydrogen) atoms. The molecular formula is C15H22N2O4. The summed E-state index contributed by atoms with van der Waals surface area (Å²) in [6.45, 7) is 4.64. The summed E-state index contributed by atoms with van der Waals surface area (Å²) in [7, 11) is 3.11. The standard InChI is InChI=1S/C15H22N2O4/c1-15(14(18)19,17-8-6-16-7-9-17)12-5-4-11(20-2)10-13(12)21-3/h4-5,10,16H,6-9H2,1-3H3,(H,18,19). The number of methoxy groups -OCH3 is 2. The van der Waals surface area contributed by atoms with Gasteiger partial charge < -0.3 is 19.9 Å². The normalized spacial score (nSPS) is 18.8. The average Bonchev–Trinajstić information content (AvgIpc) is 2.54. The summed E-state index contributed by atoms with van der Waals surface area (Å²) < 4.78 is 10.6. The molecule has 1 saturated heterocycles. The predicted molar refractivity (Wildman–Crippen MR) is 79.0 cm³/mol. The molecule has 0 aliphatic carbocycles. The lowest BCUT2D eigenvalue weighted by atomic mass is 9.88. The first-order valence-electron chi connectivity index (χ1n) is 6.95. The Hall–Kier alpha value is -1.79. The molecule has 1 fully saturated rings. The van der Waals surface area contributed by atoms with Gasteiger partial charge in [-0.05, 0) is 19.1 Å². The summed E-state index contributed by atoms with van der Waals surface area (Å²) in [5.74, 6) is 0.286. The fourth-order valence-corrected chi connectivity index (χ4v) is 2.73. The van der Waals surface area contributed by atoms with Crippen molar-refractivity contribution in [3.05, 3.63) is 23.8 Å². The van der Waals surface area contributed by atoms with Gasteiger partial charge in [0.05, 0.1) is 14.2 Å². The zero-order chi connectivity index (χ0) is 15.5. The van der Waals surface area contributed by atoms with E-state index in [9.17, 15) is 9.90 Å². The van der Waals surface area contributed by atoms with Gasteiger partial charge in [0.25, 0.3) is 0 Å². The van der Waals surface area contributed by atoms with Gasteiger partial charge >= 0.3 is 5.97 Å². The fourth-order valence-electron chi connectivity index (χ4n) is 2.73. The van der Waals surface area contributed by atoms with E-state index in [4.69, 9.17) is 9.47 Å². The Balaban J connectivity index is 2.48. The van der Waals surface area contributed by atoms with E-state index in [0.717, 1.165) is 13.1 Å². The minimum Gasteiger partial charge on any atom is -0.497 e. The first-order valence-corrected chi connectivity index (χ1v) is 6.95. The van der Waals surface area contributed by atoms with Gasteiger partial charge in [-0.3, -0.25) is 4.90 Å². The second-order valence-electron chi connectivity index (χ2n) is 5.18. The smallest absolute Gasteiger partial charge is 0.328 e. The Morgan fingerprint density at radius 2 is 1.95 bits per heavy atom. The molecule has 1 atom stereocenters. The van der Waals surface area contributed by atoms with Crippen molar-refractivity contribution >= 4 is 5.97 Å². The van der Waals surface area contributed by atoms with Crippen molar-refractivity contribution in [1.82, 2.24) is 10.2 Å². The molecule has 0 saturated carbocycles. The highest BCUT2D eigenvalue weighted by molar-refractivity contribution is 5.81. The monoisotopic (exact) mass is 294 g/mol. The maximum atomic E-state index is 12.0. The van der Waals surface area contributed by atoms with E-state index in [1.807, 2.05) is 4.90 Å². The minimum atomic E-state index is -1.13. The van der Waals surface area contributed by atoms with Crippen LogP contribution in [0.2, 0.25) is 0 Å². The summed E-state index contributed by atoms with van der Waals surface area (Å²) in [6, 6.07) is 5.26. The third-order valence-electron chi connectivity index (χ3n) is 4.10. The maximum absolute atomic E-state index is 12.0. The van der Waals surface area contributed by atoms with Crippen LogP contribution in [0.4, 0.5) is 0 Å². The van der Waals surface area contributed by atoms with Crippen molar-refractivity contribution in [1.29, 1.82) is 0 Å². The highest BCUT2D eigenvalue weighted by Crippen LogP contribution is 2.37. The first kappa shape index (κ1) is 15.6. The highest BCUT2D eigenvalue weighted by atomic mass is 16.5. The zero-order valence-electron chi connectivity index (χ0n) is 12.7. The molecule has 1 aliphatic heterocycles. The van der Waals surface area contributed by atoms with Crippen LogP contribution in [0.5, 0.6) is 11.5 Å². The molecule has 0 aromatic heterocycles. The van der Waals surface area contributed by atoms with E-state index in [1.54, 1.807) is 32.2 Å². The number of hydrogen-bond acceptors (Lipinski definition) is 5. The van der Waals surface area contributed by atoms with Gasteiger partial charge in [0, 0.05) is 37.8 Å². The number of hydrogen-bond donors (Lipinski definition) is 2.